The Morgan fingerprint density at radius 3 is 2.48 bits per heavy atom. The van der Waals surface area contributed by atoms with E-state index in [1.54, 1.807) is 18.2 Å². The largest absolute Gasteiger partial charge is 0.380 e. The molecule has 1 heterocycles. The molecule has 0 bridgehead atoms. The van der Waals surface area contributed by atoms with Crippen LogP contribution in [-0.4, -0.2) is 5.16 Å². The third kappa shape index (κ3) is 2.80. The van der Waals surface area contributed by atoms with E-state index in [0.717, 1.165) is 5.56 Å². The molecule has 0 saturated heterocycles. The minimum Gasteiger partial charge on any atom is -0.380 e. The number of rotatable bonds is 2. The Bertz CT molecular complexity index is 782. The smallest absolute Gasteiger partial charge is 0.177 e. The van der Waals surface area contributed by atoms with Crippen molar-refractivity contribution in [1.29, 1.82) is 0 Å². The second-order valence-corrected chi connectivity index (χ2v) is 5.79. The number of aromatic nitrogens is 1. The van der Waals surface area contributed by atoms with Crippen molar-refractivity contribution in [3.8, 4) is 22.5 Å². The van der Waals surface area contributed by atoms with Gasteiger partial charge in [0.05, 0.1) is 5.56 Å². The van der Waals surface area contributed by atoms with Gasteiger partial charge < -0.3 is 10.3 Å². The zero-order valence-corrected chi connectivity index (χ0v) is 13.0. The molecule has 0 aliphatic heterocycles. The van der Waals surface area contributed by atoms with E-state index in [0.29, 0.717) is 26.4 Å². The first kappa shape index (κ1) is 14.1. The SMILES string of the molecule is Nc1noc(-c2cc(F)cc(Br)c2)c1-c1ccc(Cl)cc1. The van der Waals surface area contributed by atoms with Gasteiger partial charge in [0.2, 0.25) is 0 Å². The first-order valence-corrected chi connectivity index (χ1v) is 7.19. The Balaban J connectivity index is 2.19. The van der Waals surface area contributed by atoms with Crippen LogP contribution in [0.3, 0.4) is 0 Å². The minimum absolute atomic E-state index is 0.243. The number of benzene rings is 2. The summed E-state index contributed by atoms with van der Waals surface area (Å²) in [6.45, 7) is 0. The maximum absolute atomic E-state index is 13.6. The van der Waals surface area contributed by atoms with E-state index in [-0.39, 0.29) is 11.6 Å². The van der Waals surface area contributed by atoms with Crippen molar-refractivity contribution in [2.24, 2.45) is 0 Å². The van der Waals surface area contributed by atoms with Crippen molar-refractivity contribution in [2.75, 3.05) is 5.73 Å². The number of hydrogen-bond acceptors (Lipinski definition) is 3. The topological polar surface area (TPSA) is 52.0 Å². The van der Waals surface area contributed by atoms with Gasteiger partial charge in [-0.1, -0.05) is 44.8 Å². The van der Waals surface area contributed by atoms with E-state index >= 15 is 0 Å². The predicted molar refractivity (Wildman–Crippen MR) is 84.5 cm³/mol. The minimum atomic E-state index is -0.378. The lowest BCUT2D eigenvalue weighted by atomic mass is 10.0. The van der Waals surface area contributed by atoms with Crippen molar-refractivity contribution in [3.05, 3.63) is 57.8 Å². The Morgan fingerprint density at radius 1 is 1.10 bits per heavy atom. The number of nitrogens with zero attached hydrogens (tertiary/aromatic N) is 1. The van der Waals surface area contributed by atoms with Gasteiger partial charge in [0.15, 0.2) is 11.6 Å². The molecule has 0 aliphatic rings. The van der Waals surface area contributed by atoms with Crippen LogP contribution < -0.4 is 5.73 Å². The van der Waals surface area contributed by atoms with Crippen LogP contribution in [-0.2, 0) is 0 Å². The molecule has 0 fully saturated rings. The lowest BCUT2D eigenvalue weighted by Gasteiger charge is -2.04. The molecular weight excluding hydrogens is 359 g/mol. The van der Waals surface area contributed by atoms with Gasteiger partial charge in [-0.05, 0) is 35.9 Å². The lowest BCUT2D eigenvalue weighted by molar-refractivity contribution is 0.436. The number of hydrogen-bond donors (Lipinski definition) is 1. The number of halogens is 3. The third-order valence-electron chi connectivity index (χ3n) is 2.98. The molecule has 0 unspecified atom stereocenters. The fourth-order valence-corrected chi connectivity index (χ4v) is 2.67. The second kappa shape index (κ2) is 5.50. The monoisotopic (exact) mass is 366 g/mol. The average Bonchev–Trinajstić information content (AvgIpc) is 2.80. The second-order valence-electron chi connectivity index (χ2n) is 4.44. The van der Waals surface area contributed by atoms with Crippen LogP contribution in [0.4, 0.5) is 10.2 Å². The standard InChI is InChI=1S/C15H9BrClFN2O/c16-10-5-9(6-12(18)7-10)14-13(15(19)20-21-14)8-1-3-11(17)4-2-8/h1-7H,(H2,19,20). The summed E-state index contributed by atoms with van der Waals surface area (Å²) >= 11 is 9.14. The van der Waals surface area contributed by atoms with E-state index in [1.165, 1.54) is 12.1 Å². The fraction of sp³-hybridized carbons (Fsp3) is 0. The molecular formula is C15H9BrClFN2O. The summed E-state index contributed by atoms with van der Waals surface area (Å²) in [7, 11) is 0. The highest BCUT2D eigenvalue weighted by Gasteiger charge is 2.18. The van der Waals surface area contributed by atoms with Crippen LogP contribution in [0, 0.1) is 5.82 Å². The van der Waals surface area contributed by atoms with Gasteiger partial charge >= 0.3 is 0 Å². The molecule has 1 aromatic heterocycles. The molecule has 106 valence electrons. The summed E-state index contributed by atoms with van der Waals surface area (Å²) in [6.07, 6.45) is 0. The maximum Gasteiger partial charge on any atom is 0.177 e. The van der Waals surface area contributed by atoms with Crippen LogP contribution in [0.5, 0.6) is 0 Å². The highest BCUT2D eigenvalue weighted by atomic mass is 79.9. The van der Waals surface area contributed by atoms with Crippen LogP contribution in [0.2, 0.25) is 5.02 Å². The zero-order chi connectivity index (χ0) is 15.0. The normalized spacial score (nSPS) is 10.8. The maximum atomic E-state index is 13.6. The van der Waals surface area contributed by atoms with E-state index in [2.05, 4.69) is 21.1 Å². The predicted octanol–water partition coefficient (Wildman–Crippen LogP) is 5.15. The van der Waals surface area contributed by atoms with Gasteiger partial charge in [-0.25, -0.2) is 4.39 Å². The Morgan fingerprint density at radius 2 is 1.81 bits per heavy atom. The molecule has 6 heteroatoms. The van der Waals surface area contributed by atoms with E-state index in [1.807, 2.05) is 12.1 Å². The number of nitrogen functional groups attached to an aromatic ring is 1. The van der Waals surface area contributed by atoms with Gasteiger partial charge in [0, 0.05) is 15.1 Å². The molecule has 3 nitrogen and oxygen atoms in total. The Kier molecular flexibility index (Phi) is 3.69. The molecule has 2 N–H and O–H groups in total. The molecule has 0 amide bonds. The van der Waals surface area contributed by atoms with Crippen LogP contribution in [0.1, 0.15) is 0 Å². The Labute approximate surface area is 133 Å². The summed E-state index contributed by atoms with van der Waals surface area (Å²) in [6, 6.07) is 11.6. The van der Waals surface area contributed by atoms with Crippen molar-refractivity contribution in [2.45, 2.75) is 0 Å². The number of nitrogens with two attached hydrogens (primary N) is 1. The lowest BCUT2D eigenvalue weighted by Crippen LogP contribution is -1.89. The molecule has 3 rings (SSSR count). The summed E-state index contributed by atoms with van der Waals surface area (Å²) in [5.74, 6) is 0.277. The first-order chi connectivity index (χ1) is 10.0. The zero-order valence-electron chi connectivity index (χ0n) is 10.6. The number of anilines is 1. The molecule has 0 radical (unpaired) electrons. The summed E-state index contributed by atoms with van der Waals surface area (Å²) in [4.78, 5) is 0. The quantitative estimate of drug-likeness (QED) is 0.682. The first-order valence-electron chi connectivity index (χ1n) is 6.02. The van der Waals surface area contributed by atoms with Gasteiger partial charge in [-0.15, -0.1) is 0 Å². The molecule has 3 aromatic rings. The third-order valence-corrected chi connectivity index (χ3v) is 3.69. The van der Waals surface area contributed by atoms with Gasteiger partial charge in [0.25, 0.3) is 0 Å². The van der Waals surface area contributed by atoms with Gasteiger partial charge in [0.1, 0.15) is 5.82 Å². The highest BCUT2D eigenvalue weighted by molar-refractivity contribution is 9.10. The van der Waals surface area contributed by atoms with Crippen molar-refractivity contribution < 1.29 is 8.91 Å². The van der Waals surface area contributed by atoms with Crippen LogP contribution >= 0.6 is 27.5 Å². The van der Waals surface area contributed by atoms with Crippen molar-refractivity contribution in [1.82, 2.24) is 5.16 Å². The van der Waals surface area contributed by atoms with Crippen molar-refractivity contribution >= 4 is 33.3 Å². The molecule has 0 spiro atoms. The van der Waals surface area contributed by atoms with Crippen LogP contribution in [0.15, 0.2) is 51.5 Å². The average molecular weight is 368 g/mol. The molecule has 21 heavy (non-hydrogen) atoms. The molecule has 0 atom stereocenters. The van der Waals surface area contributed by atoms with E-state index < -0.39 is 0 Å². The van der Waals surface area contributed by atoms with E-state index in [9.17, 15) is 4.39 Å². The highest BCUT2D eigenvalue weighted by Crippen LogP contribution is 2.38. The molecule has 2 aromatic carbocycles. The van der Waals surface area contributed by atoms with Gasteiger partial charge in [-0.3, -0.25) is 0 Å². The summed E-state index contributed by atoms with van der Waals surface area (Å²) in [5, 5.41) is 4.40. The summed E-state index contributed by atoms with van der Waals surface area (Å²) < 4.78 is 19.5. The molecule has 0 aliphatic carbocycles. The van der Waals surface area contributed by atoms with E-state index in [4.69, 9.17) is 21.9 Å². The van der Waals surface area contributed by atoms with Gasteiger partial charge in [-0.2, -0.15) is 0 Å². The van der Waals surface area contributed by atoms with Crippen molar-refractivity contribution in [3.63, 3.8) is 0 Å². The fourth-order valence-electron chi connectivity index (χ4n) is 2.08. The molecule has 0 saturated carbocycles. The summed E-state index contributed by atoms with van der Waals surface area (Å²) in [5.41, 5.74) is 7.85. The van der Waals surface area contributed by atoms with Crippen LogP contribution in [0.25, 0.3) is 22.5 Å². The Hall–Kier alpha value is -1.85.